The number of nitrogens with zero attached hydrogens (tertiary/aromatic N) is 1. The fourth-order valence-corrected chi connectivity index (χ4v) is 4.73. The Kier molecular flexibility index (Phi) is 7.90. The third kappa shape index (κ3) is 6.18. The van der Waals surface area contributed by atoms with Gasteiger partial charge in [-0.05, 0) is 42.3 Å². The molecule has 1 saturated heterocycles. The molecule has 2 aromatic rings. The zero-order valence-corrected chi connectivity index (χ0v) is 18.8. The first-order valence-corrected chi connectivity index (χ1v) is 11.7. The van der Waals surface area contributed by atoms with Crippen LogP contribution in [0.2, 0.25) is 10.0 Å². The molecule has 0 saturated carbocycles. The van der Waals surface area contributed by atoms with Gasteiger partial charge in [0, 0.05) is 25.1 Å². The number of halogens is 2. The highest BCUT2D eigenvalue weighted by Gasteiger charge is 2.26. The predicted octanol–water partition coefficient (Wildman–Crippen LogP) is 2.41. The number of sulfonamides is 1. The molecule has 31 heavy (non-hydrogen) atoms. The van der Waals surface area contributed by atoms with Gasteiger partial charge >= 0.3 is 0 Å². The van der Waals surface area contributed by atoms with E-state index >= 15 is 0 Å². The number of hydrogen-bond donors (Lipinski definition) is 2. The van der Waals surface area contributed by atoms with E-state index in [4.69, 9.17) is 27.9 Å². The molecule has 1 heterocycles. The van der Waals surface area contributed by atoms with Crippen LogP contribution in [0, 0.1) is 0 Å². The zero-order chi connectivity index (χ0) is 22.4. The number of rotatable bonds is 6. The van der Waals surface area contributed by atoms with Crippen molar-refractivity contribution in [1.29, 1.82) is 0 Å². The van der Waals surface area contributed by atoms with Gasteiger partial charge in [0.1, 0.15) is 0 Å². The molecule has 1 aliphatic rings. The summed E-state index contributed by atoms with van der Waals surface area (Å²) in [6.45, 7) is 1.36. The molecule has 8 nitrogen and oxygen atoms in total. The molecule has 166 valence electrons. The van der Waals surface area contributed by atoms with Crippen LogP contribution in [0.5, 0.6) is 0 Å². The first kappa shape index (κ1) is 23.5. The van der Waals surface area contributed by atoms with Crippen molar-refractivity contribution in [2.24, 2.45) is 0 Å². The number of hydrazine groups is 1. The molecule has 1 aliphatic heterocycles. The Bertz CT molecular complexity index is 1070. The summed E-state index contributed by atoms with van der Waals surface area (Å²) in [7, 11) is -3.61. The van der Waals surface area contributed by atoms with E-state index in [-0.39, 0.29) is 21.9 Å². The summed E-state index contributed by atoms with van der Waals surface area (Å²) in [4.78, 5) is 24.4. The second kappa shape index (κ2) is 10.4. The van der Waals surface area contributed by atoms with E-state index in [1.54, 1.807) is 18.2 Å². The highest BCUT2D eigenvalue weighted by atomic mass is 35.5. The van der Waals surface area contributed by atoms with Gasteiger partial charge in [-0.25, -0.2) is 8.42 Å². The minimum atomic E-state index is -3.61. The van der Waals surface area contributed by atoms with Gasteiger partial charge in [-0.2, -0.15) is 4.31 Å². The van der Waals surface area contributed by atoms with Crippen molar-refractivity contribution in [3.63, 3.8) is 0 Å². The Hall–Kier alpha value is -2.17. The average Bonchev–Trinajstić information content (AvgIpc) is 2.78. The largest absolute Gasteiger partial charge is 0.379 e. The van der Waals surface area contributed by atoms with Crippen molar-refractivity contribution in [2.75, 3.05) is 26.3 Å². The molecule has 1 fully saturated rings. The van der Waals surface area contributed by atoms with E-state index in [0.29, 0.717) is 43.3 Å². The quantitative estimate of drug-likeness (QED) is 0.611. The number of amides is 2. The smallest absolute Gasteiger partial charge is 0.269 e. The Morgan fingerprint density at radius 2 is 1.74 bits per heavy atom. The van der Waals surface area contributed by atoms with Gasteiger partial charge in [0.2, 0.25) is 15.9 Å². The van der Waals surface area contributed by atoms with Crippen LogP contribution in [0.4, 0.5) is 0 Å². The zero-order valence-electron chi connectivity index (χ0n) is 16.4. The van der Waals surface area contributed by atoms with Crippen LogP contribution >= 0.6 is 23.2 Å². The fourth-order valence-electron chi connectivity index (χ4n) is 2.95. The predicted molar refractivity (Wildman–Crippen MR) is 116 cm³/mol. The molecule has 0 aromatic heterocycles. The lowest BCUT2D eigenvalue weighted by Crippen LogP contribution is -2.41. The van der Waals surface area contributed by atoms with Gasteiger partial charge < -0.3 is 4.74 Å². The third-order valence-corrected chi connectivity index (χ3v) is 7.28. The highest BCUT2D eigenvalue weighted by molar-refractivity contribution is 7.89. The second-order valence-electron chi connectivity index (χ2n) is 6.80. The summed E-state index contributed by atoms with van der Waals surface area (Å²) in [6, 6.07) is 10.9. The highest BCUT2D eigenvalue weighted by Crippen LogP contribution is 2.22. The van der Waals surface area contributed by atoms with Crippen molar-refractivity contribution < 1.29 is 22.7 Å². The van der Waals surface area contributed by atoms with Crippen molar-refractivity contribution in [2.45, 2.75) is 17.7 Å². The fraction of sp³-hybridized carbons (Fsp3) is 0.300. The van der Waals surface area contributed by atoms with Gasteiger partial charge in [-0.1, -0.05) is 35.3 Å². The normalized spacial score (nSPS) is 14.8. The van der Waals surface area contributed by atoms with Gasteiger partial charge in [-0.3, -0.25) is 20.4 Å². The lowest BCUT2D eigenvalue weighted by Gasteiger charge is -2.26. The molecule has 11 heteroatoms. The Morgan fingerprint density at radius 3 is 2.45 bits per heavy atom. The van der Waals surface area contributed by atoms with Gasteiger partial charge in [0.15, 0.2) is 0 Å². The molecule has 2 aromatic carbocycles. The Morgan fingerprint density at radius 1 is 1.00 bits per heavy atom. The number of aryl methyl sites for hydroxylation is 1. The summed E-state index contributed by atoms with van der Waals surface area (Å²) in [5.74, 6) is -0.958. The first-order chi connectivity index (χ1) is 14.8. The van der Waals surface area contributed by atoms with Crippen LogP contribution in [0.25, 0.3) is 0 Å². The maximum Gasteiger partial charge on any atom is 0.269 e. The molecule has 3 rings (SSSR count). The van der Waals surface area contributed by atoms with Crippen LogP contribution in [0.3, 0.4) is 0 Å². The van der Waals surface area contributed by atoms with Crippen molar-refractivity contribution in [3.05, 3.63) is 63.6 Å². The molecule has 0 radical (unpaired) electrons. The molecule has 0 unspecified atom stereocenters. The van der Waals surface area contributed by atoms with Crippen molar-refractivity contribution in [1.82, 2.24) is 15.2 Å². The lowest BCUT2D eigenvalue weighted by molar-refractivity contribution is -0.121. The summed E-state index contributed by atoms with van der Waals surface area (Å²) in [6.07, 6.45) is 0.365. The number of morpholine rings is 1. The topological polar surface area (TPSA) is 105 Å². The summed E-state index contributed by atoms with van der Waals surface area (Å²) < 4.78 is 32.1. The third-order valence-electron chi connectivity index (χ3n) is 4.64. The van der Waals surface area contributed by atoms with E-state index in [9.17, 15) is 18.0 Å². The number of benzene rings is 2. The number of hydrogen-bond acceptors (Lipinski definition) is 5. The van der Waals surface area contributed by atoms with Crippen LogP contribution in [-0.4, -0.2) is 50.8 Å². The first-order valence-electron chi connectivity index (χ1n) is 9.48. The Balaban J connectivity index is 1.53. The summed E-state index contributed by atoms with van der Waals surface area (Å²) in [5.41, 5.74) is 5.57. The van der Waals surface area contributed by atoms with Crippen molar-refractivity contribution in [3.8, 4) is 0 Å². The molecule has 2 N–H and O–H groups in total. The van der Waals surface area contributed by atoms with E-state index < -0.39 is 21.8 Å². The lowest BCUT2D eigenvalue weighted by atomic mass is 10.1. The number of ether oxygens (including phenoxy) is 1. The molecule has 0 bridgehead atoms. The summed E-state index contributed by atoms with van der Waals surface area (Å²) >= 11 is 11.7. The van der Waals surface area contributed by atoms with E-state index in [1.165, 1.54) is 28.6 Å². The second-order valence-corrected chi connectivity index (χ2v) is 9.55. The maximum absolute atomic E-state index is 12.8. The monoisotopic (exact) mass is 485 g/mol. The molecular formula is C20H21Cl2N3O5S. The Labute approximate surface area is 190 Å². The number of nitrogens with one attached hydrogen (secondary N) is 2. The molecule has 2 amide bonds. The van der Waals surface area contributed by atoms with Crippen LogP contribution in [0.15, 0.2) is 47.4 Å². The minimum Gasteiger partial charge on any atom is -0.379 e. The van der Waals surface area contributed by atoms with E-state index in [1.807, 2.05) is 0 Å². The van der Waals surface area contributed by atoms with Gasteiger partial charge in [0.25, 0.3) is 5.91 Å². The molecule has 0 spiro atoms. The molecule has 0 atom stereocenters. The maximum atomic E-state index is 12.8. The SMILES string of the molecule is O=C(CCc1cccc(S(=O)(=O)N2CCOCC2)c1)NNC(=O)c1ccc(Cl)c(Cl)c1. The van der Waals surface area contributed by atoms with Crippen LogP contribution < -0.4 is 10.9 Å². The van der Waals surface area contributed by atoms with Gasteiger partial charge in [0.05, 0.1) is 28.2 Å². The van der Waals surface area contributed by atoms with Crippen LogP contribution in [-0.2, 0) is 26.0 Å². The minimum absolute atomic E-state index is 0.0582. The van der Waals surface area contributed by atoms with E-state index in [2.05, 4.69) is 10.9 Å². The summed E-state index contributed by atoms with van der Waals surface area (Å²) in [5, 5.41) is 0.549. The van der Waals surface area contributed by atoms with Crippen LogP contribution in [0.1, 0.15) is 22.3 Å². The number of carbonyl (C=O) groups is 2. The standard InChI is InChI=1S/C20H21Cl2N3O5S/c21-17-6-5-15(13-18(17)22)20(27)24-23-19(26)7-4-14-2-1-3-16(12-14)31(28,29)25-8-10-30-11-9-25/h1-3,5-6,12-13H,4,7-11H2,(H,23,26)(H,24,27). The molecule has 0 aliphatic carbocycles. The average molecular weight is 486 g/mol. The van der Waals surface area contributed by atoms with Gasteiger partial charge in [-0.15, -0.1) is 0 Å². The molecular weight excluding hydrogens is 465 g/mol. The van der Waals surface area contributed by atoms with E-state index in [0.717, 1.165) is 0 Å². The number of carbonyl (C=O) groups excluding carboxylic acids is 2. The van der Waals surface area contributed by atoms with Crippen molar-refractivity contribution >= 4 is 45.0 Å².